The summed E-state index contributed by atoms with van der Waals surface area (Å²) in [6.45, 7) is 3.24. The predicted octanol–water partition coefficient (Wildman–Crippen LogP) is 4.42. The molecule has 10 heteroatoms. The first-order valence-corrected chi connectivity index (χ1v) is 10.8. The van der Waals surface area contributed by atoms with Crippen molar-refractivity contribution in [2.24, 2.45) is 0 Å². The Balaban J connectivity index is 1.81. The molecule has 0 radical (unpaired) electrons. The molecule has 0 fully saturated rings. The fraction of sp³-hybridized carbons (Fsp3) is 0.353. The van der Waals surface area contributed by atoms with Gasteiger partial charge in [0.15, 0.2) is 4.34 Å². The number of carbonyl (C=O) groups is 1. The van der Waals surface area contributed by atoms with Crippen molar-refractivity contribution in [3.05, 3.63) is 34.5 Å². The zero-order valence-corrected chi connectivity index (χ0v) is 17.2. The number of thiophene rings is 1. The molecule has 0 aliphatic rings. The van der Waals surface area contributed by atoms with E-state index in [1.54, 1.807) is 20.1 Å². The van der Waals surface area contributed by atoms with Gasteiger partial charge in [-0.15, -0.1) is 21.5 Å². The molecule has 1 aromatic carbocycles. The van der Waals surface area contributed by atoms with Gasteiger partial charge in [-0.2, -0.15) is 0 Å². The molecule has 0 spiro atoms. The normalized spacial score (nSPS) is 11.1. The van der Waals surface area contributed by atoms with Gasteiger partial charge in [-0.25, -0.2) is 9.18 Å². The van der Waals surface area contributed by atoms with Gasteiger partial charge in [0.1, 0.15) is 10.7 Å². The van der Waals surface area contributed by atoms with Crippen LogP contribution < -0.4 is 5.32 Å². The highest BCUT2D eigenvalue weighted by Crippen LogP contribution is 2.38. The molecule has 1 N–H and O–H groups in total. The maximum atomic E-state index is 14.4. The lowest BCUT2D eigenvalue weighted by atomic mass is 10.1. The van der Waals surface area contributed by atoms with Crippen molar-refractivity contribution in [1.29, 1.82) is 0 Å². The molecule has 2 aromatic heterocycles. The quantitative estimate of drug-likeness (QED) is 0.308. The monoisotopic (exact) mass is 427 g/mol. The number of methoxy groups -OCH3 is 1. The van der Waals surface area contributed by atoms with Crippen molar-refractivity contribution in [3.63, 3.8) is 0 Å². The van der Waals surface area contributed by atoms with Gasteiger partial charge in [0.05, 0.1) is 13.2 Å². The van der Waals surface area contributed by atoms with E-state index in [9.17, 15) is 9.18 Å². The van der Waals surface area contributed by atoms with Crippen molar-refractivity contribution in [2.45, 2.75) is 17.0 Å². The second kappa shape index (κ2) is 9.45. The van der Waals surface area contributed by atoms with E-state index in [1.165, 1.54) is 40.5 Å². The van der Waals surface area contributed by atoms with Crippen LogP contribution in [0.15, 0.2) is 22.5 Å². The van der Waals surface area contributed by atoms with Crippen LogP contribution in [-0.4, -0.2) is 43.0 Å². The molecule has 0 atom stereocenters. The number of fused-ring (bicyclic) bond motifs is 1. The van der Waals surface area contributed by atoms with Crippen LogP contribution in [0, 0.1) is 5.82 Å². The molecule has 2 heterocycles. The number of hydrogen-bond acceptors (Lipinski definition) is 9. The molecule has 0 unspecified atom stereocenters. The van der Waals surface area contributed by atoms with Crippen LogP contribution in [0.5, 0.6) is 0 Å². The fourth-order valence-electron chi connectivity index (χ4n) is 2.40. The first kappa shape index (κ1) is 20.0. The number of benzene rings is 1. The number of ether oxygens (including phenoxy) is 2. The first-order chi connectivity index (χ1) is 13.1. The van der Waals surface area contributed by atoms with Gasteiger partial charge in [-0.3, -0.25) is 0 Å². The molecule has 0 saturated carbocycles. The summed E-state index contributed by atoms with van der Waals surface area (Å²) in [4.78, 5) is 12.8. The molecule has 3 rings (SSSR count). The zero-order valence-electron chi connectivity index (χ0n) is 14.8. The molecular formula is C17H18FN3O3S3. The Morgan fingerprint density at radius 1 is 1.33 bits per heavy atom. The zero-order chi connectivity index (χ0) is 19.2. The van der Waals surface area contributed by atoms with Crippen LogP contribution in [0.3, 0.4) is 0 Å². The Morgan fingerprint density at radius 3 is 2.96 bits per heavy atom. The molecular weight excluding hydrogens is 409 g/mol. The summed E-state index contributed by atoms with van der Waals surface area (Å²) in [6, 6.07) is 4.85. The lowest BCUT2D eigenvalue weighted by Gasteiger charge is -2.04. The number of hydrogen-bond donors (Lipinski definition) is 1. The first-order valence-electron chi connectivity index (χ1n) is 8.20. The number of thioether (sulfide) groups is 1. The molecule has 144 valence electrons. The Morgan fingerprint density at radius 2 is 2.19 bits per heavy atom. The summed E-state index contributed by atoms with van der Waals surface area (Å²) in [5, 5.41) is 12.5. The van der Waals surface area contributed by atoms with Crippen LogP contribution in [0.4, 0.5) is 9.52 Å². The minimum atomic E-state index is -0.423. The van der Waals surface area contributed by atoms with E-state index >= 15 is 0 Å². The minimum Gasteiger partial charge on any atom is -0.462 e. The SMILES string of the molecule is CCOC(=O)c1sc2cccc(F)c2c1CSc1nnc(NCCOC)s1. The van der Waals surface area contributed by atoms with Gasteiger partial charge in [-0.1, -0.05) is 29.2 Å². The Hall–Kier alpha value is -1.75. The Labute approximate surface area is 168 Å². The number of nitrogens with one attached hydrogen (secondary N) is 1. The second-order valence-electron chi connectivity index (χ2n) is 5.32. The van der Waals surface area contributed by atoms with E-state index in [0.717, 1.165) is 9.04 Å². The van der Waals surface area contributed by atoms with E-state index in [2.05, 4.69) is 15.5 Å². The van der Waals surface area contributed by atoms with Gasteiger partial charge in [0, 0.05) is 29.5 Å². The molecule has 0 aliphatic carbocycles. The average Bonchev–Trinajstić information content (AvgIpc) is 3.25. The smallest absolute Gasteiger partial charge is 0.348 e. The summed E-state index contributed by atoms with van der Waals surface area (Å²) in [6.07, 6.45) is 0. The average molecular weight is 428 g/mol. The largest absolute Gasteiger partial charge is 0.462 e. The molecule has 0 aliphatic heterocycles. The predicted molar refractivity (Wildman–Crippen MR) is 108 cm³/mol. The highest BCUT2D eigenvalue weighted by atomic mass is 32.2. The highest BCUT2D eigenvalue weighted by molar-refractivity contribution is 8.00. The molecule has 0 bridgehead atoms. The molecule has 27 heavy (non-hydrogen) atoms. The maximum absolute atomic E-state index is 14.4. The topological polar surface area (TPSA) is 73.3 Å². The van der Waals surface area contributed by atoms with Crippen molar-refractivity contribution in [2.75, 3.05) is 32.2 Å². The number of halogens is 1. The molecule has 6 nitrogen and oxygen atoms in total. The summed E-state index contributed by atoms with van der Waals surface area (Å²) >= 11 is 4.08. The lowest BCUT2D eigenvalue weighted by Crippen LogP contribution is -2.06. The van der Waals surface area contributed by atoms with E-state index in [-0.39, 0.29) is 12.4 Å². The van der Waals surface area contributed by atoms with Crippen molar-refractivity contribution >= 4 is 55.6 Å². The third-order valence-electron chi connectivity index (χ3n) is 3.55. The number of anilines is 1. The summed E-state index contributed by atoms with van der Waals surface area (Å²) < 4.78 is 26.0. The van der Waals surface area contributed by atoms with E-state index in [4.69, 9.17) is 9.47 Å². The molecule has 0 saturated heterocycles. The minimum absolute atomic E-state index is 0.273. The highest BCUT2D eigenvalue weighted by Gasteiger charge is 2.22. The summed E-state index contributed by atoms with van der Waals surface area (Å²) in [5.41, 5.74) is 0.639. The van der Waals surface area contributed by atoms with Crippen molar-refractivity contribution < 1.29 is 18.7 Å². The van der Waals surface area contributed by atoms with Gasteiger partial charge < -0.3 is 14.8 Å². The molecule has 3 aromatic rings. The van der Waals surface area contributed by atoms with Crippen molar-refractivity contribution in [3.8, 4) is 0 Å². The number of esters is 1. The number of aromatic nitrogens is 2. The van der Waals surface area contributed by atoms with Gasteiger partial charge in [0.25, 0.3) is 0 Å². The van der Waals surface area contributed by atoms with Crippen LogP contribution in [-0.2, 0) is 15.2 Å². The van der Waals surface area contributed by atoms with Crippen LogP contribution in [0.1, 0.15) is 22.2 Å². The van der Waals surface area contributed by atoms with E-state index in [0.29, 0.717) is 39.9 Å². The van der Waals surface area contributed by atoms with E-state index < -0.39 is 5.97 Å². The van der Waals surface area contributed by atoms with E-state index in [1.807, 2.05) is 6.07 Å². The third-order valence-corrected chi connectivity index (χ3v) is 6.77. The van der Waals surface area contributed by atoms with Gasteiger partial charge in [-0.05, 0) is 24.6 Å². The van der Waals surface area contributed by atoms with Gasteiger partial charge >= 0.3 is 5.97 Å². The lowest BCUT2D eigenvalue weighted by molar-refractivity contribution is 0.0531. The van der Waals surface area contributed by atoms with Crippen molar-refractivity contribution in [1.82, 2.24) is 10.2 Å². The molecule has 0 amide bonds. The third kappa shape index (κ3) is 4.75. The second-order valence-corrected chi connectivity index (χ2v) is 8.58. The Bertz CT molecular complexity index is 929. The number of carbonyl (C=O) groups excluding carboxylic acids is 1. The van der Waals surface area contributed by atoms with Crippen LogP contribution in [0.25, 0.3) is 10.1 Å². The van der Waals surface area contributed by atoms with Crippen LogP contribution in [0.2, 0.25) is 0 Å². The maximum Gasteiger partial charge on any atom is 0.348 e. The summed E-state index contributed by atoms with van der Waals surface area (Å²) in [5.74, 6) is -0.358. The number of rotatable bonds is 9. The van der Waals surface area contributed by atoms with Crippen LogP contribution >= 0.6 is 34.4 Å². The summed E-state index contributed by atoms with van der Waals surface area (Å²) in [7, 11) is 1.63. The van der Waals surface area contributed by atoms with Gasteiger partial charge in [0.2, 0.25) is 5.13 Å². The fourth-order valence-corrected chi connectivity index (χ4v) is 5.43. The Kier molecular flexibility index (Phi) is 7.00. The number of nitrogens with zero attached hydrogens (tertiary/aromatic N) is 2. The standard InChI is InChI=1S/C17H18FN3O3S3/c1-3-24-15(22)14-10(13-11(18)5-4-6-12(13)26-14)9-25-17-21-20-16(27-17)19-7-8-23-2/h4-6H,3,7-9H2,1-2H3,(H,19,20).